The molecule has 0 atom stereocenters. The summed E-state index contributed by atoms with van der Waals surface area (Å²) in [5.41, 5.74) is 0.593. The number of methoxy groups -OCH3 is 1. The zero-order chi connectivity index (χ0) is 9.42. The van der Waals surface area contributed by atoms with Crippen molar-refractivity contribution in [2.45, 2.75) is 0 Å². The van der Waals surface area contributed by atoms with E-state index in [4.69, 9.17) is 27.9 Å². The highest BCUT2D eigenvalue weighted by Gasteiger charge is 2.12. The quantitative estimate of drug-likeness (QED) is 0.687. The van der Waals surface area contributed by atoms with Crippen LogP contribution in [0.15, 0.2) is 12.3 Å². The van der Waals surface area contributed by atoms with Crippen molar-refractivity contribution in [1.82, 2.24) is 14.6 Å². The Bertz CT molecular complexity index is 454. The molecule has 0 saturated heterocycles. The molecule has 0 radical (unpaired) electrons. The average Bonchev–Trinajstić information content (AvgIpc) is 2.53. The molecule has 0 saturated carbocycles. The van der Waals surface area contributed by atoms with Crippen molar-refractivity contribution < 1.29 is 4.74 Å². The molecular weight excluding hydrogens is 213 g/mol. The fourth-order valence-corrected chi connectivity index (χ4v) is 1.63. The van der Waals surface area contributed by atoms with E-state index in [-0.39, 0.29) is 5.15 Å². The molecule has 0 aliphatic heterocycles. The van der Waals surface area contributed by atoms with Crippen LogP contribution in [0.5, 0.6) is 5.75 Å². The number of ether oxygens (including phenoxy) is 1. The molecule has 0 spiro atoms. The van der Waals surface area contributed by atoms with Gasteiger partial charge < -0.3 is 4.74 Å². The molecule has 2 heterocycles. The maximum absolute atomic E-state index is 5.94. The summed E-state index contributed by atoms with van der Waals surface area (Å²) in [6, 6.07) is 1.71. The Hall–Kier alpha value is -1.00. The minimum absolute atomic E-state index is 0.237. The van der Waals surface area contributed by atoms with Gasteiger partial charge in [0.2, 0.25) is 0 Å². The van der Waals surface area contributed by atoms with E-state index < -0.39 is 0 Å². The lowest BCUT2D eigenvalue weighted by molar-refractivity contribution is 0.410. The smallest absolute Gasteiger partial charge is 0.193 e. The molecule has 4 nitrogen and oxygen atoms in total. The SMILES string of the molecule is COc1c(Cl)nc2ccnn2c1Cl. The topological polar surface area (TPSA) is 39.4 Å². The predicted molar refractivity (Wildman–Crippen MR) is 49.6 cm³/mol. The van der Waals surface area contributed by atoms with Gasteiger partial charge in [0.05, 0.1) is 13.3 Å². The van der Waals surface area contributed by atoms with Crippen LogP contribution < -0.4 is 4.74 Å². The van der Waals surface area contributed by atoms with Crippen LogP contribution in [0.2, 0.25) is 10.3 Å². The van der Waals surface area contributed by atoms with Gasteiger partial charge in [-0.25, -0.2) is 4.98 Å². The summed E-state index contributed by atoms with van der Waals surface area (Å²) >= 11 is 11.7. The first-order chi connectivity index (χ1) is 6.24. The van der Waals surface area contributed by atoms with Crippen molar-refractivity contribution in [2.75, 3.05) is 7.11 Å². The van der Waals surface area contributed by atoms with Crippen molar-refractivity contribution in [3.05, 3.63) is 22.6 Å². The molecule has 0 unspecified atom stereocenters. The van der Waals surface area contributed by atoms with Crippen LogP contribution in [-0.2, 0) is 0 Å². The van der Waals surface area contributed by atoms with E-state index in [1.54, 1.807) is 12.3 Å². The fourth-order valence-electron chi connectivity index (χ4n) is 1.03. The molecule has 0 aliphatic rings. The number of rotatable bonds is 1. The molecular formula is C7H5Cl2N3O. The van der Waals surface area contributed by atoms with E-state index >= 15 is 0 Å². The Labute approximate surface area is 84.0 Å². The fraction of sp³-hybridized carbons (Fsp3) is 0.143. The Balaban J connectivity index is 2.85. The van der Waals surface area contributed by atoms with Gasteiger partial charge in [-0.3, -0.25) is 0 Å². The highest BCUT2D eigenvalue weighted by molar-refractivity contribution is 6.36. The summed E-state index contributed by atoms with van der Waals surface area (Å²) in [5.74, 6) is 0.333. The van der Waals surface area contributed by atoms with E-state index in [0.717, 1.165) is 0 Å². The molecule has 2 aromatic heterocycles. The second kappa shape index (κ2) is 3.05. The molecule has 68 valence electrons. The first-order valence-electron chi connectivity index (χ1n) is 3.46. The van der Waals surface area contributed by atoms with Gasteiger partial charge in [0.25, 0.3) is 0 Å². The number of fused-ring (bicyclic) bond motifs is 1. The van der Waals surface area contributed by atoms with Crippen molar-refractivity contribution >= 4 is 28.8 Å². The third kappa shape index (κ3) is 1.22. The number of halogens is 2. The number of hydrogen-bond donors (Lipinski definition) is 0. The monoisotopic (exact) mass is 217 g/mol. The second-order valence-electron chi connectivity index (χ2n) is 2.33. The Kier molecular flexibility index (Phi) is 2.01. The lowest BCUT2D eigenvalue weighted by Crippen LogP contribution is -1.97. The van der Waals surface area contributed by atoms with Crippen LogP contribution in [0.25, 0.3) is 5.65 Å². The van der Waals surface area contributed by atoms with E-state index in [9.17, 15) is 0 Å². The maximum Gasteiger partial charge on any atom is 0.193 e. The molecule has 0 aromatic carbocycles. The summed E-state index contributed by atoms with van der Waals surface area (Å²) in [4.78, 5) is 4.02. The standard InChI is InChI=1S/C7H5Cl2N3O/c1-13-5-6(8)11-4-2-3-10-12(4)7(5)9/h2-3H,1H3. The molecule has 0 fully saturated rings. The Morgan fingerprint density at radius 1 is 1.46 bits per heavy atom. The third-order valence-corrected chi connectivity index (χ3v) is 2.19. The van der Waals surface area contributed by atoms with Gasteiger partial charge in [-0.15, -0.1) is 0 Å². The number of nitrogens with zero attached hydrogens (tertiary/aromatic N) is 3. The van der Waals surface area contributed by atoms with Crippen molar-refractivity contribution in [3.8, 4) is 5.75 Å². The Morgan fingerprint density at radius 3 is 2.92 bits per heavy atom. The molecule has 0 aliphatic carbocycles. The highest BCUT2D eigenvalue weighted by atomic mass is 35.5. The van der Waals surface area contributed by atoms with Crippen LogP contribution in [0.3, 0.4) is 0 Å². The third-order valence-electron chi connectivity index (χ3n) is 1.60. The normalized spacial score (nSPS) is 10.7. The lowest BCUT2D eigenvalue weighted by atomic mass is 10.5. The van der Waals surface area contributed by atoms with E-state index in [1.807, 2.05) is 0 Å². The minimum Gasteiger partial charge on any atom is -0.491 e. The summed E-state index contributed by atoms with van der Waals surface area (Å²) in [6.07, 6.45) is 1.59. The van der Waals surface area contributed by atoms with Crippen molar-refractivity contribution in [3.63, 3.8) is 0 Å². The zero-order valence-corrected chi connectivity index (χ0v) is 8.17. The van der Waals surface area contributed by atoms with Gasteiger partial charge in [-0.1, -0.05) is 23.2 Å². The van der Waals surface area contributed by atoms with Gasteiger partial charge in [0.1, 0.15) is 0 Å². The molecule has 2 rings (SSSR count). The first-order valence-corrected chi connectivity index (χ1v) is 4.22. The number of aromatic nitrogens is 3. The second-order valence-corrected chi connectivity index (χ2v) is 3.04. The highest BCUT2D eigenvalue weighted by Crippen LogP contribution is 2.30. The first kappa shape index (κ1) is 8.59. The van der Waals surface area contributed by atoms with Gasteiger partial charge in [0, 0.05) is 6.07 Å². The molecule has 0 N–H and O–H groups in total. The van der Waals surface area contributed by atoms with Gasteiger partial charge in [-0.05, 0) is 0 Å². The van der Waals surface area contributed by atoms with Crippen LogP contribution in [0.4, 0.5) is 0 Å². The predicted octanol–water partition coefficient (Wildman–Crippen LogP) is 2.04. The van der Waals surface area contributed by atoms with Crippen LogP contribution in [-0.4, -0.2) is 21.7 Å². The maximum atomic E-state index is 5.94. The Morgan fingerprint density at radius 2 is 2.23 bits per heavy atom. The number of hydrogen-bond acceptors (Lipinski definition) is 3. The van der Waals surface area contributed by atoms with Crippen LogP contribution in [0, 0.1) is 0 Å². The molecule has 6 heteroatoms. The van der Waals surface area contributed by atoms with Crippen molar-refractivity contribution in [2.24, 2.45) is 0 Å². The summed E-state index contributed by atoms with van der Waals surface area (Å²) in [5, 5.41) is 4.51. The van der Waals surface area contributed by atoms with Gasteiger partial charge in [-0.2, -0.15) is 9.61 Å². The average molecular weight is 218 g/mol. The summed E-state index contributed by atoms with van der Waals surface area (Å²) in [6.45, 7) is 0. The van der Waals surface area contributed by atoms with Crippen LogP contribution in [0.1, 0.15) is 0 Å². The van der Waals surface area contributed by atoms with Crippen molar-refractivity contribution in [1.29, 1.82) is 0 Å². The molecule has 13 heavy (non-hydrogen) atoms. The zero-order valence-electron chi connectivity index (χ0n) is 6.66. The largest absolute Gasteiger partial charge is 0.491 e. The van der Waals surface area contributed by atoms with E-state index in [0.29, 0.717) is 16.5 Å². The van der Waals surface area contributed by atoms with E-state index in [1.165, 1.54) is 11.6 Å². The summed E-state index contributed by atoms with van der Waals surface area (Å²) in [7, 11) is 1.48. The lowest BCUT2D eigenvalue weighted by Gasteiger charge is -2.05. The molecule has 2 aromatic rings. The minimum atomic E-state index is 0.237. The van der Waals surface area contributed by atoms with Gasteiger partial charge >= 0.3 is 0 Å². The molecule has 0 bridgehead atoms. The van der Waals surface area contributed by atoms with Gasteiger partial charge in [0.15, 0.2) is 21.7 Å². The van der Waals surface area contributed by atoms with Crippen LogP contribution >= 0.6 is 23.2 Å². The van der Waals surface area contributed by atoms with E-state index in [2.05, 4.69) is 10.1 Å². The molecule has 0 amide bonds. The summed E-state index contributed by atoms with van der Waals surface area (Å²) < 4.78 is 6.42.